The lowest BCUT2D eigenvalue weighted by Gasteiger charge is -2.12. The molecule has 21 heavy (non-hydrogen) atoms. The van der Waals surface area contributed by atoms with Crippen LogP contribution in [0.5, 0.6) is 0 Å². The maximum Gasteiger partial charge on any atom is 0.143 e. The number of aliphatic hydroxyl groups excluding tert-OH is 1. The third-order valence-corrected chi connectivity index (χ3v) is 4.33. The maximum atomic E-state index is 13.8. The van der Waals surface area contributed by atoms with Crippen molar-refractivity contribution < 1.29 is 13.9 Å². The van der Waals surface area contributed by atoms with Crippen LogP contribution in [0, 0.1) is 11.6 Å². The summed E-state index contributed by atoms with van der Waals surface area (Å²) in [5.74, 6) is -1.19. The Hall–Kier alpha value is -0.480. The fourth-order valence-corrected chi connectivity index (χ4v) is 2.80. The van der Waals surface area contributed by atoms with Crippen molar-refractivity contribution in [3.05, 3.63) is 33.8 Å². The summed E-state index contributed by atoms with van der Waals surface area (Å²) in [6.45, 7) is 2.19. The second-order valence-corrected chi connectivity index (χ2v) is 6.44. The van der Waals surface area contributed by atoms with Gasteiger partial charge in [0.15, 0.2) is 0 Å². The van der Waals surface area contributed by atoms with Crippen LogP contribution in [0.1, 0.15) is 63.9 Å². The van der Waals surface area contributed by atoms with Crippen LogP contribution >= 0.6 is 15.9 Å². The summed E-state index contributed by atoms with van der Waals surface area (Å²) in [4.78, 5) is 0. The highest BCUT2D eigenvalue weighted by molar-refractivity contribution is 9.10. The molecule has 1 aromatic rings. The van der Waals surface area contributed by atoms with Gasteiger partial charge in [-0.25, -0.2) is 8.78 Å². The Labute approximate surface area is 134 Å². The van der Waals surface area contributed by atoms with Crippen molar-refractivity contribution in [3.63, 3.8) is 0 Å². The molecule has 1 atom stereocenters. The van der Waals surface area contributed by atoms with E-state index in [4.69, 9.17) is 0 Å². The molecule has 0 radical (unpaired) electrons. The molecule has 0 saturated carbocycles. The van der Waals surface area contributed by atoms with Gasteiger partial charge in [-0.3, -0.25) is 0 Å². The Morgan fingerprint density at radius 1 is 1.05 bits per heavy atom. The predicted molar refractivity (Wildman–Crippen MR) is 86.4 cm³/mol. The van der Waals surface area contributed by atoms with Gasteiger partial charge in [0.2, 0.25) is 0 Å². The highest BCUT2D eigenvalue weighted by Gasteiger charge is 2.16. The minimum Gasteiger partial charge on any atom is -0.393 e. The number of hydrogen-bond donors (Lipinski definition) is 1. The van der Waals surface area contributed by atoms with Crippen molar-refractivity contribution in [2.45, 2.75) is 70.8 Å². The highest BCUT2D eigenvalue weighted by atomic mass is 79.9. The van der Waals surface area contributed by atoms with Crippen molar-refractivity contribution in [3.8, 4) is 0 Å². The lowest BCUT2D eigenvalue weighted by atomic mass is 10.0. The number of halogens is 3. The minimum atomic E-state index is -0.682. The number of unbranched alkanes of at least 4 members (excludes halogenated alkanes) is 6. The minimum absolute atomic E-state index is 0.0279. The molecule has 0 aliphatic heterocycles. The highest BCUT2D eigenvalue weighted by Crippen LogP contribution is 2.23. The SMILES string of the molecule is CCCCCCCCCC(O)Cc1c(F)ccc(Br)c1F. The van der Waals surface area contributed by atoms with E-state index in [-0.39, 0.29) is 16.5 Å². The largest absolute Gasteiger partial charge is 0.393 e. The fraction of sp³-hybridized carbons (Fsp3) is 0.647. The zero-order valence-corrected chi connectivity index (χ0v) is 14.3. The van der Waals surface area contributed by atoms with Crippen LogP contribution in [0.4, 0.5) is 8.78 Å². The molecule has 0 bridgehead atoms. The Bertz CT molecular complexity index is 423. The summed E-state index contributed by atoms with van der Waals surface area (Å²) >= 11 is 3.04. The van der Waals surface area contributed by atoms with Crippen LogP contribution in [0.3, 0.4) is 0 Å². The van der Waals surface area contributed by atoms with Crippen LogP contribution in [-0.2, 0) is 6.42 Å². The van der Waals surface area contributed by atoms with Crippen LogP contribution in [0.15, 0.2) is 16.6 Å². The smallest absolute Gasteiger partial charge is 0.143 e. The Morgan fingerprint density at radius 2 is 1.67 bits per heavy atom. The Morgan fingerprint density at radius 3 is 2.33 bits per heavy atom. The van der Waals surface area contributed by atoms with Gasteiger partial charge < -0.3 is 5.11 Å². The van der Waals surface area contributed by atoms with E-state index in [0.29, 0.717) is 6.42 Å². The molecule has 0 fully saturated rings. The zero-order valence-electron chi connectivity index (χ0n) is 12.7. The molecule has 0 spiro atoms. The molecular formula is C17H25BrF2O. The van der Waals surface area contributed by atoms with E-state index < -0.39 is 17.7 Å². The van der Waals surface area contributed by atoms with Gasteiger partial charge >= 0.3 is 0 Å². The summed E-state index contributed by atoms with van der Waals surface area (Å²) in [7, 11) is 0. The molecule has 0 saturated heterocycles. The maximum absolute atomic E-state index is 13.8. The molecule has 120 valence electrons. The molecule has 0 aliphatic carbocycles. The first-order chi connectivity index (χ1) is 10.1. The van der Waals surface area contributed by atoms with Gasteiger partial charge in [0.25, 0.3) is 0 Å². The van der Waals surface area contributed by atoms with E-state index in [0.717, 1.165) is 12.8 Å². The third-order valence-electron chi connectivity index (χ3n) is 3.72. The van der Waals surface area contributed by atoms with E-state index in [1.807, 2.05) is 0 Å². The van der Waals surface area contributed by atoms with Crippen molar-refractivity contribution in [1.82, 2.24) is 0 Å². The lowest BCUT2D eigenvalue weighted by molar-refractivity contribution is 0.158. The first-order valence-electron chi connectivity index (χ1n) is 7.86. The van der Waals surface area contributed by atoms with Gasteiger partial charge in [0, 0.05) is 12.0 Å². The topological polar surface area (TPSA) is 20.2 Å². The molecule has 0 amide bonds. The van der Waals surface area contributed by atoms with Crippen molar-refractivity contribution in [1.29, 1.82) is 0 Å². The number of rotatable bonds is 10. The molecule has 0 heterocycles. The van der Waals surface area contributed by atoms with Crippen molar-refractivity contribution in [2.75, 3.05) is 0 Å². The van der Waals surface area contributed by atoms with Crippen LogP contribution < -0.4 is 0 Å². The van der Waals surface area contributed by atoms with Crippen LogP contribution in [0.2, 0.25) is 0 Å². The van der Waals surface area contributed by atoms with Crippen molar-refractivity contribution >= 4 is 15.9 Å². The van der Waals surface area contributed by atoms with Gasteiger partial charge in [0.05, 0.1) is 10.6 Å². The number of aliphatic hydroxyl groups is 1. The Balaban J connectivity index is 2.28. The quantitative estimate of drug-likeness (QED) is 0.413. The fourth-order valence-electron chi connectivity index (χ4n) is 2.43. The standard InChI is InChI=1S/C17H25BrF2O/c1-2-3-4-5-6-7-8-9-13(21)12-14-16(19)11-10-15(18)17(14)20/h10-11,13,21H,2-9,12H2,1H3. The molecule has 4 heteroatoms. The number of benzene rings is 1. The second-order valence-electron chi connectivity index (χ2n) is 5.59. The summed E-state index contributed by atoms with van der Waals surface area (Å²) in [6, 6.07) is 2.57. The van der Waals surface area contributed by atoms with Gasteiger partial charge in [-0.2, -0.15) is 0 Å². The molecule has 0 aliphatic rings. The predicted octanol–water partition coefficient (Wildman–Crippen LogP) is 5.77. The molecule has 0 aromatic heterocycles. The van der Waals surface area contributed by atoms with E-state index in [9.17, 15) is 13.9 Å². The third kappa shape index (κ3) is 6.88. The van der Waals surface area contributed by atoms with Gasteiger partial charge in [-0.15, -0.1) is 0 Å². The van der Waals surface area contributed by atoms with Gasteiger partial charge in [-0.1, -0.05) is 51.9 Å². The molecule has 1 unspecified atom stereocenters. The summed E-state index contributed by atoms with van der Waals surface area (Å²) in [6.07, 6.45) is 8.13. The van der Waals surface area contributed by atoms with Crippen LogP contribution in [0.25, 0.3) is 0 Å². The van der Waals surface area contributed by atoms with E-state index in [1.54, 1.807) is 0 Å². The summed E-state index contributed by atoms with van der Waals surface area (Å²) in [5.41, 5.74) is -0.0279. The molecule has 1 rings (SSSR count). The lowest BCUT2D eigenvalue weighted by Crippen LogP contribution is -2.13. The first-order valence-corrected chi connectivity index (χ1v) is 8.66. The summed E-state index contributed by atoms with van der Waals surface area (Å²) < 4.78 is 27.6. The van der Waals surface area contributed by atoms with Gasteiger partial charge in [-0.05, 0) is 34.5 Å². The zero-order chi connectivity index (χ0) is 15.7. The number of hydrogen-bond acceptors (Lipinski definition) is 1. The van der Waals surface area contributed by atoms with E-state index in [2.05, 4.69) is 22.9 Å². The second kappa shape index (κ2) is 10.3. The van der Waals surface area contributed by atoms with Crippen LogP contribution in [-0.4, -0.2) is 11.2 Å². The monoisotopic (exact) mass is 362 g/mol. The summed E-state index contributed by atoms with van der Waals surface area (Å²) in [5, 5.41) is 9.93. The average Bonchev–Trinajstić information content (AvgIpc) is 2.47. The molecule has 1 aromatic carbocycles. The van der Waals surface area contributed by atoms with Gasteiger partial charge in [0.1, 0.15) is 11.6 Å². The average molecular weight is 363 g/mol. The Kier molecular flexibility index (Phi) is 9.09. The normalized spacial score (nSPS) is 12.6. The van der Waals surface area contributed by atoms with E-state index in [1.165, 1.54) is 44.2 Å². The molecular weight excluding hydrogens is 338 g/mol. The van der Waals surface area contributed by atoms with E-state index >= 15 is 0 Å². The first kappa shape index (κ1) is 18.6. The molecule has 1 N–H and O–H groups in total. The molecule has 1 nitrogen and oxygen atoms in total. The van der Waals surface area contributed by atoms with Crippen molar-refractivity contribution in [2.24, 2.45) is 0 Å².